The highest BCUT2D eigenvalue weighted by molar-refractivity contribution is 4.93. The molecule has 0 radical (unpaired) electrons. The van der Waals surface area contributed by atoms with E-state index < -0.39 is 35.8 Å². The summed E-state index contributed by atoms with van der Waals surface area (Å²) >= 11 is 0. The zero-order chi connectivity index (χ0) is 16.1. The molecule has 1 aromatic heterocycles. The molecule has 1 fully saturated rings. The number of hydrogen-bond acceptors (Lipinski definition) is 6. The third-order valence-electron chi connectivity index (χ3n) is 3.67. The number of aromatic amines is 1. The van der Waals surface area contributed by atoms with Gasteiger partial charge in [-0.2, -0.15) is 0 Å². The number of aromatic nitrogens is 2. The molecule has 8 nitrogen and oxygen atoms in total. The highest BCUT2D eigenvalue weighted by atomic mass is 16.6. The van der Waals surface area contributed by atoms with Crippen LogP contribution in [0.3, 0.4) is 0 Å². The Labute approximate surface area is 127 Å². The summed E-state index contributed by atoms with van der Waals surface area (Å²) < 4.78 is 12.2. The van der Waals surface area contributed by atoms with Crippen LogP contribution in [0.1, 0.15) is 32.4 Å². The summed E-state index contributed by atoms with van der Waals surface area (Å²) in [7, 11) is 0. The second-order valence-corrected chi connectivity index (χ2v) is 5.30. The van der Waals surface area contributed by atoms with Crippen molar-refractivity contribution in [2.75, 3.05) is 13.2 Å². The number of ether oxygens (including phenoxy) is 2. The van der Waals surface area contributed by atoms with Gasteiger partial charge in [-0.15, -0.1) is 0 Å². The summed E-state index contributed by atoms with van der Waals surface area (Å²) in [5.41, 5.74) is -1.21. The summed E-state index contributed by atoms with van der Waals surface area (Å²) in [6.07, 6.45) is 0.609. The Morgan fingerprint density at radius 2 is 2.18 bits per heavy atom. The Bertz CT molecular complexity index is 583. The second-order valence-electron chi connectivity index (χ2n) is 5.30. The first-order chi connectivity index (χ1) is 10.6. The van der Waals surface area contributed by atoms with Gasteiger partial charge in [0.05, 0.1) is 6.61 Å². The minimum Gasteiger partial charge on any atom is -0.394 e. The highest BCUT2D eigenvalue weighted by Crippen LogP contribution is 2.30. The smallest absolute Gasteiger partial charge is 0.330 e. The molecular formula is C14H22N2O6. The Morgan fingerprint density at radius 1 is 1.41 bits per heavy atom. The number of hydrogen-bond donors (Lipinski definition) is 3. The number of H-pyrrole nitrogens is 1. The van der Waals surface area contributed by atoms with Gasteiger partial charge in [0.15, 0.2) is 6.23 Å². The molecule has 1 saturated heterocycles. The van der Waals surface area contributed by atoms with Crippen molar-refractivity contribution in [3.8, 4) is 0 Å². The number of unbranched alkanes of at least 4 members (excludes halogenated alkanes) is 2. The molecule has 1 aromatic rings. The van der Waals surface area contributed by atoms with Crippen LogP contribution in [-0.4, -0.2) is 51.3 Å². The van der Waals surface area contributed by atoms with Crippen LogP contribution in [0.5, 0.6) is 0 Å². The van der Waals surface area contributed by atoms with Crippen LogP contribution in [0.15, 0.2) is 21.9 Å². The molecule has 0 spiro atoms. The van der Waals surface area contributed by atoms with Crippen molar-refractivity contribution in [3.63, 3.8) is 0 Å². The lowest BCUT2D eigenvalue weighted by Gasteiger charge is -2.20. The van der Waals surface area contributed by atoms with Gasteiger partial charge in [0.2, 0.25) is 0 Å². The van der Waals surface area contributed by atoms with Crippen LogP contribution in [-0.2, 0) is 9.47 Å². The van der Waals surface area contributed by atoms with E-state index >= 15 is 0 Å². The van der Waals surface area contributed by atoms with Gasteiger partial charge in [-0.1, -0.05) is 19.8 Å². The minimum absolute atomic E-state index is 0.329. The maximum absolute atomic E-state index is 11.8. The molecule has 0 bridgehead atoms. The maximum Gasteiger partial charge on any atom is 0.330 e. The Hall–Kier alpha value is -1.48. The maximum atomic E-state index is 11.8. The fraction of sp³-hybridized carbons (Fsp3) is 0.714. The molecule has 0 unspecified atom stereocenters. The molecule has 0 aliphatic carbocycles. The standard InChI is InChI=1S/C14H22N2O6/c1-2-3-4-7-21-12-9(8-17)22-13(11(12)19)16-6-5-10(18)15-14(16)20/h5-6,9,11-13,17,19H,2-4,7-8H2,1H3,(H,15,18,20)/t9-,11-,12-,13-/m1/s1. The van der Waals surface area contributed by atoms with Crippen LogP contribution < -0.4 is 11.2 Å². The molecule has 2 heterocycles. The van der Waals surface area contributed by atoms with Crippen molar-refractivity contribution in [2.24, 2.45) is 0 Å². The molecule has 0 amide bonds. The molecule has 8 heteroatoms. The van der Waals surface area contributed by atoms with E-state index in [-0.39, 0.29) is 6.61 Å². The Kier molecular flexibility index (Phi) is 5.90. The van der Waals surface area contributed by atoms with Gasteiger partial charge in [0.1, 0.15) is 18.3 Å². The van der Waals surface area contributed by atoms with Gasteiger partial charge in [-0.25, -0.2) is 4.79 Å². The van der Waals surface area contributed by atoms with Crippen LogP contribution in [0, 0.1) is 0 Å². The quantitative estimate of drug-likeness (QED) is 0.577. The number of aliphatic hydroxyl groups is 2. The van der Waals surface area contributed by atoms with Gasteiger partial charge in [0.25, 0.3) is 5.56 Å². The van der Waals surface area contributed by atoms with Crippen LogP contribution in [0.25, 0.3) is 0 Å². The fourth-order valence-corrected chi connectivity index (χ4v) is 2.50. The number of nitrogens with one attached hydrogen (secondary N) is 1. The van der Waals surface area contributed by atoms with E-state index in [1.165, 1.54) is 12.3 Å². The van der Waals surface area contributed by atoms with Gasteiger partial charge < -0.3 is 19.7 Å². The van der Waals surface area contributed by atoms with Crippen molar-refractivity contribution >= 4 is 0 Å². The normalized spacial score (nSPS) is 28.1. The molecule has 4 atom stereocenters. The SMILES string of the molecule is CCCCCO[C@H]1[C@@H](O)[C@H](n2ccc(=O)[nH]c2=O)O[C@@H]1CO. The molecule has 0 saturated carbocycles. The highest BCUT2D eigenvalue weighted by Gasteiger charge is 2.45. The third-order valence-corrected chi connectivity index (χ3v) is 3.67. The third kappa shape index (κ3) is 3.64. The van der Waals surface area contributed by atoms with E-state index in [1.807, 2.05) is 0 Å². The van der Waals surface area contributed by atoms with E-state index in [0.717, 1.165) is 23.8 Å². The van der Waals surface area contributed by atoms with Crippen molar-refractivity contribution in [2.45, 2.75) is 50.7 Å². The van der Waals surface area contributed by atoms with Crippen molar-refractivity contribution in [1.29, 1.82) is 0 Å². The van der Waals surface area contributed by atoms with E-state index in [2.05, 4.69) is 11.9 Å². The second kappa shape index (κ2) is 7.68. The summed E-state index contributed by atoms with van der Waals surface area (Å²) in [6.45, 7) is 2.19. The molecular weight excluding hydrogens is 292 g/mol. The Balaban J connectivity index is 2.11. The lowest BCUT2D eigenvalue weighted by atomic mass is 10.1. The van der Waals surface area contributed by atoms with E-state index in [9.17, 15) is 19.8 Å². The van der Waals surface area contributed by atoms with Gasteiger partial charge >= 0.3 is 5.69 Å². The molecule has 1 aliphatic rings. The lowest BCUT2D eigenvalue weighted by Crippen LogP contribution is -2.39. The summed E-state index contributed by atoms with van der Waals surface area (Å²) in [5.74, 6) is 0. The van der Waals surface area contributed by atoms with Gasteiger partial charge in [-0.05, 0) is 6.42 Å². The number of nitrogens with zero attached hydrogens (tertiary/aromatic N) is 1. The van der Waals surface area contributed by atoms with Crippen molar-refractivity contribution in [3.05, 3.63) is 33.1 Å². The average molecular weight is 314 g/mol. The zero-order valence-corrected chi connectivity index (χ0v) is 12.5. The minimum atomic E-state index is -1.11. The monoisotopic (exact) mass is 314 g/mol. The molecule has 124 valence electrons. The first kappa shape index (κ1) is 16.9. The summed E-state index contributed by atoms with van der Waals surface area (Å²) in [5, 5.41) is 19.7. The van der Waals surface area contributed by atoms with E-state index in [1.54, 1.807) is 0 Å². The van der Waals surface area contributed by atoms with Crippen LogP contribution in [0.2, 0.25) is 0 Å². The predicted molar refractivity (Wildman–Crippen MR) is 77.6 cm³/mol. The van der Waals surface area contributed by atoms with Crippen LogP contribution >= 0.6 is 0 Å². The summed E-state index contributed by atoms with van der Waals surface area (Å²) in [6, 6.07) is 1.17. The largest absolute Gasteiger partial charge is 0.394 e. The van der Waals surface area contributed by atoms with Crippen molar-refractivity contribution in [1.82, 2.24) is 9.55 Å². The number of rotatable bonds is 7. The zero-order valence-electron chi connectivity index (χ0n) is 12.5. The molecule has 0 aromatic carbocycles. The van der Waals surface area contributed by atoms with Crippen molar-refractivity contribution < 1.29 is 19.7 Å². The lowest BCUT2D eigenvalue weighted by molar-refractivity contribution is -0.0626. The van der Waals surface area contributed by atoms with Crippen LogP contribution in [0.4, 0.5) is 0 Å². The Morgan fingerprint density at radius 3 is 2.82 bits per heavy atom. The number of aliphatic hydroxyl groups excluding tert-OH is 2. The molecule has 22 heavy (non-hydrogen) atoms. The average Bonchev–Trinajstić information content (AvgIpc) is 2.80. The van der Waals surface area contributed by atoms with E-state index in [4.69, 9.17) is 9.47 Å². The first-order valence-corrected chi connectivity index (χ1v) is 7.46. The van der Waals surface area contributed by atoms with Gasteiger partial charge in [0, 0.05) is 18.9 Å². The molecule has 3 N–H and O–H groups in total. The predicted octanol–water partition coefficient (Wildman–Crippen LogP) is -0.637. The molecule has 2 rings (SSSR count). The first-order valence-electron chi connectivity index (χ1n) is 7.46. The van der Waals surface area contributed by atoms with E-state index in [0.29, 0.717) is 6.61 Å². The molecule has 1 aliphatic heterocycles. The summed E-state index contributed by atoms with van der Waals surface area (Å²) in [4.78, 5) is 25.0. The van der Waals surface area contributed by atoms with Gasteiger partial charge in [-0.3, -0.25) is 14.3 Å². The fourth-order valence-electron chi connectivity index (χ4n) is 2.50. The topological polar surface area (TPSA) is 114 Å².